The molecule has 1 fully saturated rings. The Morgan fingerprint density at radius 2 is 1.95 bits per heavy atom. The molecule has 1 aromatic carbocycles. The predicted octanol–water partition coefficient (Wildman–Crippen LogP) is 4.99. The van der Waals surface area contributed by atoms with Gasteiger partial charge < -0.3 is 10.1 Å². The van der Waals surface area contributed by atoms with Crippen LogP contribution in [0.1, 0.15) is 76.3 Å². The third-order valence-corrected chi connectivity index (χ3v) is 5.13. The zero-order valence-electron chi connectivity index (χ0n) is 13.4. The van der Waals surface area contributed by atoms with Gasteiger partial charge in [0.1, 0.15) is 11.4 Å². The minimum Gasteiger partial charge on any atom is -0.487 e. The van der Waals surface area contributed by atoms with Crippen molar-refractivity contribution >= 4 is 0 Å². The van der Waals surface area contributed by atoms with E-state index in [-0.39, 0.29) is 5.60 Å². The van der Waals surface area contributed by atoms with E-state index in [1.54, 1.807) is 0 Å². The number of para-hydroxylation sites is 1. The van der Waals surface area contributed by atoms with E-state index in [4.69, 9.17) is 4.74 Å². The van der Waals surface area contributed by atoms with Crippen LogP contribution in [-0.4, -0.2) is 12.1 Å². The van der Waals surface area contributed by atoms with Gasteiger partial charge in [-0.3, -0.25) is 0 Å². The van der Waals surface area contributed by atoms with Crippen molar-refractivity contribution in [2.75, 3.05) is 6.54 Å². The summed E-state index contributed by atoms with van der Waals surface area (Å²) in [6.07, 6.45) is 11.5. The van der Waals surface area contributed by atoms with Crippen molar-refractivity contribution in [1.82, 2.24) is 5.32 Å². The average molecular weight is 287 g/mol. The lowest BCUT2D eigenvalue weighted by Gasteiger charge is -2.44. The van der Waals surface area contributed by atoms with Gasteiger partial charge in [-0.1, -0.05) is 44.4 Å². The van der Waals surface area contributed by atoms with Crippen molar-refractivity contribution in [3.05, 3.63) is 29.8 Å². The van der Waals surface area contributed by atoms with E-state index in [1.807, 2.05) is 0 Å². The molecule has 21 heavy (non-hydrogen) atoms. The zero-order chi connectivity index (χ0) is 14.5. The Balaban J connectivity index is 1.74. The van der Waals surface area contributed by atoms with Crippen molar-refractivity contribution in [2.24, 2.45) is 0 Å². The molecule has 1 saturated carbocycles. The van der Waals surface area contributed by atoms with Crippen LogP contribution in [0.5, 0.6) is 5.75 Å². The molecule has 1 heterocycles. The summed E-state index contributed by atoms with van der Waals surface area (Å²) in [7, 11) is 0. The third-order valence-electron chi connectivity index (χ3n) is 5.13. The topological polar surface area (TPSA) is 21.3 Å². The SMILES string of the molecule is CCCCCNC1CC2(CCCCC2)Oc2ccccc21. The molecule has 1 aliphatic heterocycles. The van der Waals surface area contributed by atoms with Crippen LogP contribution in [0.2, 0.25) is 0 Å². The highest BCUT2D eigenvalue weighted by atomic mass is 16.5. The summed E-state index contributed by atoms with van der Waals surface area (Å²) in [4.78, 5) is 0. The zero-order valence-corrected chi connectivity index (χ0v) is 13.4. The van der Waals surface area contributed by atoms with Gasteiger partial charge in [0.25, 0.3) is 0 Å². The predicted molar refractivity (Wildman–Crippen MR) is 87.8 cm³/mol. The van der Waals surface area contributed by atoms with E-state index in [0.29, 0.717) is 6.04 Å². The molecular weight excluding hydrogens is 258 g/mol. The smallest absolute Gasteiger partial charge is 0.124 e. The molecule has 1 aliphatic carbocycles. The molecule has 1 spiro atoms. The number of benzene rings is 1. The van der Waals surface area contributed by atoms with Gasteiger partial charge in [0, 0.05) is 18.0 Å². The Kier molecular flexibility index (Phi) is 4.84. The largest absolute Gasteiger partial charge is 0.487 e. The van der Waals surface area contributed by atoms with E-state index in [2.05, 4.69) is 36.5 Å². The minimum atomic E-state index is 0.106. The molecule has 1 N–H and O–H groups in total. The van der Waals surface area contributed by atoms with Crippen molar-refractivity contribution in [1.29, 1.82) is 0 Å². The number of ether oxygens (including phenoxy) is 1. The Morgan fingerprint density at radius 1 is 1.14 bits per heavy atom. The fourth-order valence-electron chi connectivity index (χ4n) is 3.95. The summed E-state index contributed by atoms with van der Waals surface area (Å²) >= 11 is 0. The molecule has 0 bridgehead atoms. The fraction of sp³-hybridized carbons (Fsp3) is 0.684. The monoisotopic (exact) mass is 287 g/mol. The molecular formula is C19H29NO. The molecule has 0 aromatic heterocycles. The molecule has 2 aliphatic rings. The van der Waals surface area contributed by atoms with E-state index in [9.17, 15) is 0 Å². The third kappa shape index (κ3) is 3.42. The number of fused-ring (bicyclic) bond motifs is 1. The molecule has 0 radical (unpaired) electrons. The van der Waals surface area contributed by atoms with E-state index >= 15 is 0 Å². The van der Waals surface area contributed by atoms with Gasteiger partial charge in [0.2, 0.25) is 0 Å². The molecule has 1 aromatic rings. The summed E-state index contributed by atoms with van der Waals surface area (Å²) in [5, 5.41) is 3.80. The van der Waals surface area contributed by atoms with Crippen LogP contribution in [0, 0.1) is 0 Å². The molecule has 1 unspecified atom stereocenters. The van der Waals surface area contributed by atoms with Crippen LogP contribution in [0.3, 0.4) is 0 Å². The summed E-state index contributed by atoms with van der Waals surface area (Å²) in [5.41, 5.74) is 1.47. The molecule has 2 nitrogen and oxygen atoms in total. The fourth-order valence-corrected chi connectivity index (χ4v) is 3.95. The van der Waals surface area contributed by atoms with Crippen LogP contribution in [0.15, 0.2) is 24.3 Å². The van der Waals surface area contributed by atoms with Gasteiger partial charge in [-0.2, -0.15) is 0 Å². The highest BCUT2D eigenvalue weighted by Gasteiger charge is 2.41. The molecule has 0 amide bonds. The lowest BCUT2D eigenvalue weighted by molar-refractivity contribution is -0.00265. The van der Waals surface area contributed by atoms with Gasteiger partial charge in [0.15, 0.2) is 0 Å². The van der Waals surface area contributed by atoms with Crippen molar-refractivity contribution < 1.29 is 4.74 Å². The second kappa shape index (κ2) is 6.83. The average Bonchev–Trinajstić information content (AvgIpc) is 2.52. The van der Waals surface area contributed by atoms with Gasteiger partial charge >= 0.3 is 0 Å². The first kappa shape index (κ1) is 14.9. The van der Waals surface area contributed by atoms with E-state index < -0.39 is 0 Å². The number of unbranched alkanes of at least 4 members (excludes halogenated alkanes) is 2. The second-order valence-electron chi connectivity index (χ2n) is 6.80. The first-order valence-corrected chi connectivity index (χ1v) is 8.84. The number of nitrogens with one attached hydrogen (secondary N) is 1. The molecule has 3 rings (SSSR count). The molecule has 116 valence electrons. The summed E-state index contributed by atoms with van der Waals surface area (Å²) in [6, 6.07) is 9.12. The minimum absolute atomic E-state index is 0.106. The Bertz CT molecular complexity index is 451. The maximum atomic E-state index is 6.48. The normalized spacial score (nSPS) is 23.6. The van der Waals surface area contributed by atoms with Gasteiger partial charge in [0.05, 0.1) is 0 Å². The molecule has 2 heteroatoms. The highest BCUT2D eigenvalue weighted by Crippen LogP contribution is 2.45. The summed E-state index contributed by atoms with van der Waals surface area (Å²) in [5.74, 6) is 1.12. The summed E-state index contributed by atoms with van der Waals surface area (Å²) < 4.78 is 6.48. The maximum Gasteiger partial charge on any atom is 0.124 e. The van der Waals surface area contributed by atoms with Crippen LogP contribution >= 0.6 is 0 Å². The quantitative estimate of drug-likeness (QED) is 0.770. The maximum absolute atomic E-state index is 6.48. The Morgan fingerprint density at radius 3 is 2.76 bits per heavy atom. The summed E-state index contributed by atoms with van der Waals surface area (Å²) in [6.45, 7) is 3.39. The van der Waals surface area contributed by atoms with Crippen LogP contribution < -0.4 is 10.1 Å². The van der Waals surface area contributed by atoms with Crippen LogP contribution in [-0.2, 0) is 0 Å². The van der Waals surface area contributed by atoms with E-state index in [0.717, 1.165) is 18.7 Å². The van der Waals surface area contributed by atoms with Crippen molar-refractivity contribution in [3.63, 3.8) is 0 Å². The Labute approximate surface area is 129 Å². The highest BCUT2D eigenvalue weighted by molar-refractivity contribution is 5.39. The van der Waals surface area contributed by atoms with Crippen LogP contribution in [0.25, 0.3) is 0 Å². The standard InChI is InChI=1S/C19H29NO/c1-2-3-9-14-20-17-15-19(12-7-4-8-13-19)21-18-11-6-5-10-16(17)18/h5-6,10-11,17,20H,2-4,7-9,12-15H2,1H3. The lowest BCUT2D eigenvalue weighted by Crippen LogP contribution is -2.45. The van der Waals surface area contributed by atoms with Crippen LogP contribution in [0.4, 0.5) is 0 Å². The number of rotatable bonds is 5. The Hall–Kier alpha value is -1.02. The van der Waals surface area contributed by atoms with Gasteiger partial charge in [-0.05, 0) is 44.7 Å². The van der Waals surface area contributed by atoms with Crippen molar-refractivity contribution in [3.8, 4) is 5.75 Å². The number of hydrogen-bond donors (Lipinski definition) is 1. The lowest BCUT2D eigenvalue weighted by atomic mass is 9.77. The first-order chi connectivity index (χ1) is 10.3. The second-order valence-corrected chi connectivity index (χ2v) is 6.80. The van der Waals surface area contributed by atoms with Gasteiger partial charge in [-0.15, -0.1) is 0 Å². The van der Waals surface area contributed by atoms with E-state index in [1.165, 1.54) is 56.9 Å². The van der Waals surface area contributed by atoms with Crippen molar-refractivity contribution in [2.45, 2.75) is 76.4 Å². The van der Waals surface area contributed by atoms with Gasteiger partial charge in [-0.25, -0.2) is 0 Å². The molecule has 0 saturated heterocycles. The molecule has 1 atom stereocenters. The number of hydrogen-bond acceptors (Lipinski definition) is 2. The first-order valence-electron chi connectivity index (χ1n) is 8.84.